The predicted octanol–water partition coefficient (Wildman–Crippen LogP) is 4.73. The minimum atomic E-state index is -1.07. The smallest absolute Gasteiger partial charge is 0.337 e. The molecule has 4 heteroatoms. The molecule has 0 unspecified atom stereocenters. The number of hydrogen-bond acceptors (Lipinski definition) is 2. The number of carbonyl (C=O) groups excluding carboxylic acids is 1. The Balaban J connectivity index is 1.80. The first-order valence-corrected chi connectivity index (χ1v) is 8.81. The molecule has 0 aliphatic rings. The molecule has 3 aromatic carbocycles. The van der Waals surface area contributed by atoms with Gasteiger partial charge in [0.05, 0.1) is 11.3 Å². The van der Waals surface area contributed by atoms with Gasteiger partial charge in [-0.1, -0.05) is 54.1 Å². The van der Waals surface area contributed by atoms with Crippen molar-refractivity contribution in [3.63, 3.8) is 0 Å². The molecule has 0 fully saturated rings. The highest BCUT2D eigenvalue weighted by Crippen LogP contribution is 2.20. The monoisotopic (exact) mass is 359 g/mol. The summed E-state index contributed by atoms with van der Waals surface area (Å²) in [5.74, 6) is -1.39. The first-order chi connectivity index (χ1) is 13.0. The summed E-state index contributed by atoms with van der Waals surface area (Å²) in [6.45, 7) is 1.94. The summed E-state index contributed by atoms with van der Waals surface area (Å²) < 4.78 is 0. The fourth-order valence-electron chi connectivity index (χ4n) is 2.87. The Bertz CT molecular complexity index is 947. The molecule has 0 radical (unpaired) electrons. The molecule has 0 aliphatic heterocycles. The van der Waals surface area contributed by atoms with Gasteiger partial charge in [0.1, 0.15) is 0 Å². The van der Waals surface area contributed by atoms with Crippen LogP contribution >= 0.6 is 0 Å². The van der Waals surface area contributed by atoms with Gasteiger partial charge in [0.15, 0.2) is 0 Å². The van der Waals surface area contributed by atoms with E-state index >= 15 is 0 Å². The van der Waals surface area contributed by atoms with E-state index in [0.717, 1.165) is 24.0 Å². The Morgan fingerprint density at radius 2 is 1.52 bits per heavy atom. The number of aryl methyl sites for hydroxylation is 3. The number of benzene rings is 3. The van der Waals surface area contributed by atoms with Crippen LogP contribution in [0.3, 0.4) is 0 Å². The van der Waals surface area contributed by atoms with Crippen molar-refractivity contribution >= 4 is 17.6 Å². The van der Waals surface area contributed by atoms with Crippen LogP contribution in [-0.4, -0.2) is 17.0 Å². The third kappa shape index (κ3) is 4.82. The number of nitrogens with one attached hydrogen (secondary N) is 1. The number of amides is 1. The number of anilines is 1. The van der Waals surface area contributed by atoms with Crippen LogP contribution in [0.15, 0.2) is 72.8 Å². The Hall–Kier alpha value is -3.40. The molecular formula is C23H21NO3. The maximum absolute atomic E-state index is 12.5. The van der Waals surface area contributed by atoms with E-state index in [0.29, 0.717) is 11.3 Å². The minimum Gasteiger partial charge on any atom is -0.478 e. The summed E-state index contributed by atoms with van der Waals surface area (Å²) in [5, 5.41) is 12.2. The summed E-state index contributed by atoms with van der Waals surface area (Å²) >= 11 is 0. The van der Waals surface area contributed by atoms with Crippen molar-refractivity contribution in [1.29, 1.82) is 0 Å². The second kappa shape index (κ2) is 8.32. The quantitative estimate of drug-likeness (QED) is 0.668. The molecule has 1 amide bonds. The molecule has 0 atom stereocenters. The Morgan fingerprint density at radius 3 is 2.19 bits per heavy atom. The van der Waals surface area contributed by atoms with Gasteiger partial charge in [-0.3, -0.25) is 4.79 Å². The normalized spacial score (nSPS) is 10.4. The maximum atomic E-state index is 12.5. The summed E-state index contributed by atoms with van der Waals surface area (Å²) in [6.07, 6.45) is 1.61. The van der Waals surface area contributed by atoms with Crippen LogP contribution in [0.25, 0.3) is 0 Å². The number of hydrogen-bond donors (Lipinski definition) is 2. The van der Waals surface area contributed by atoms with Crippen molar-refractivity contribution in [2.75, 3.05) is 5.32 Å². The van der Waals surface area contributed by atoms with Crippen molar-refractivity contribution in [3.8, 4) is 0 Å². The second-order valence-electron chi connectivity index (χ2n) is 6.49. The second-order valence-corrected chi connectivity index (χ2v) is 6.49. The van der Waals surface area contributed by atoms with E-state index in [1.54, 1.807) is 30.3 Å². The molecule has 136 valence electrons. The van der Waals surface area contributed by atoms with Crippen molar-refractivity contribution in [3.05, 3.63) is 101 Å². The van der Waals surface area contributed by atoms with Crippen LogP contribution in [0.4, 0.5) is 5.69 Å². The van der Waals surface area contributed by atoms with E-state index in [9.17, 15) is 14.7 Å². The minimum absolute atomic E-state index is 0.0823. The molecule has 4 nitrogen and oxygen atoms in total. The van der Waals surface area contributed by atoms with E-state index < -0.39 is 5.97 Å². The third-order valence-electron chi connectivity index (χ3n) is 4.42. The van der Waals surface area contributed by atoms with Crippen LogP contribution in [0.1, 0.15) is 37.4 Å². The highest BCUT2D eigenvalue weighted by Gasteiger charge is 2.14. The lowest BCUT2D eigenvalue weighted by atomic mass is 10.0. The molecule has 0 heterocycles. The Labute approximate surface area is 158 Å². The lowest BCUT2D eigenvalue weighted by Gasteiger charge is -2.11. The number of carbonyl (C=O) groups is 2. The van der Waals surface area contributed by atoms with E-state index in [4.69, 9.17) is 0 Å². The summed E-state index contributed by atoms with van der Waals surface area (Å²) in [4.78, 5) is 24.0. The van der Waals surface area contributed by atoms with E-state index in [-0.39, 0.29) is 11.5 Å². The zero-order chi connectivity index (χ0) is 19.2. The zero-order valence-corrected chi connectivity index (χ0v) is 15.1. The van der Waals surface area contributed by atoms with Crippen molar-refractivity contribution in [2.45, 2.75) is 19.8 Å². The number of aromatic carboxylic acids is 1. The fourth-order valence-corrected chi connectivity index (χ4v) is 2.87. The molecule has 0 spiro atoms. The van der Waals surface area contributed by atoms with Gasteiger partial charge in [0.25, 0.3) is 5.91 Å². The average molecular weight is 359 g/mol. The lowest BCUT2D eigenvalue weighted by molar-refractivity contribution is 0.0698. The molecule has 0 aliphatic carbocycles. The molecular weight excluding hydrogens is 338 g/mol. The highest BCUT2D eigenvalue weighted by molar-refractivity contribution is 6.07. The molecule has 3 rings (SSSR count). The first kappa shape index (κ1) is 18.4. The fraction of sp³-hybridized carbons (Fsp3) is 0.130. The van der Waals surface area contributed by atoms with Crippen molar-refractivity contribution in [1.82, 2.24) is 0 Å². The lowest BCUT2D eigenvalue weighted by Crippen LogP contribution is -2.15. The van der Waals surface area contributed by atoms with Gasteiger partial charge >= 0.3 is 5.97 Å². The molecule has 2 N–H and O–H groups in total. The van der Waals surface area contributed by atoms with Crippen LogP contribution in [0, 0.1) is 6.92 Å². The Kier molecular flexibility index (Phi) is 5.67. The molecule has 0 bridgehead atoms. The van der Waals surface area contributed by atoms with Gasteiger partial charge in [-0.2, -0.15) is 0 Å². The van der Waals surface area contributed by atoms with Crippen molar-refractivity contribution < 1.29 is 14.7 Å². The van der Waals surface area contributed by atoms with Crippen molar-refractivity contribution in [2.24, 2.45) is 0 Å². The summed E-state index contributed by atoms with van der Waals surface area (Å²) in [6, 6.07) is 22.3. The topological polar surface area (TPSA) is 66.4 Å². The number of carboxylic acids is 1. The highest BCUT2D eigenvalue weighted by atomic mass is 16.4. The molecule has 0 saturated carbocycles. The van der Waals surface area contributed by atoms with Gasteiger partial charge < -0.3 is 10.4 Å². The SMILES string of the molecule is Cc1ccc(C(=O)Nc2cc(CCc3ccccc3)ccc2C(=O)O)cc1. The van der Waals surface area contributed by atoms with Crippen LogP contribution < -0.4 is 5.32 Å². The zero-order valence-electron chi connectivity index (χ0n) is 15.1. The Morgan fingerprint density at radius 1 is 0.852 bits per heavy atom. The van der Waals surface area contributed by atoms with Crippen LogP contribution in [0.2, 0.25) is 0 Å². The molecule has 0 saturated heterocycles. The molecule has 27 heavy (non-hydrogen) atoms. The third-order valence-corrected chi connectivity index (χ3v) is 4.42. The molecule has 0 aromatic heterocycles. The van der Waals surface area contributed by atoms with Gasteiger partial charge in [-0.25, -0.2) is 4.79 Å². The predicted molar refractivity (Wildman–Crippen MR) is 106 cm³/mol. The van der Waals surface area contributed by atoms with E-state index in [2.05, 4.69) is 17.4 Å². The van der Waals surface area contributed by atoms with Gasteiger partial charge in [-0.15, -0.1) is 0 Å². The van der Waals surface area contributed by atoms with Gasteiger partial charge in [0, 0.05) is 5.56 Å². The van der Waals surface area contributed by atoms with Crippen LogP contribution in [0.5, 0.6) is 0 Å². The number of carboxylic acid groups (broad SMARTS) is 1. The van der Waals surface area contributed by atoms with Gasteiger partial charge in [0.2, 0.25) is 0 Å². The summed E-state index contributed by atoms with van der Waals surface area (Å²) in [7, 11) is 0. The maximum Gasteiger partial charge on any atom is 0.337 e. The first-order valence-electron chi connectivity index (χ1n) is 8.81. The summed E-state index contributed by atoms with van der Waals surface area (Å²) in [5.41, 5.74) is 4.14. The van der Waals surface area contributed by atoms with E-state index in [1.807, 2.05) is 37.3 Å². The standard InChI is InChI=1S/C23H21NO3/c1-16-7-12-19(13-8-16)22(25)24-21-15-18(11-14-20(21)23(26)27)10-9-17-5-3-2-4-6-17/h2-8,11-15H,9-10H2,1H3,(H,24,25)(H,26,27). The largest absolute Gasteiger partial charge is 0.478 e. The number of rotatable bonds is 6. The van der Waals surface area contributed by atoms with Crippen LogP contribution in [-0.2, 0) is 12.8 Å². The van der Waals surface area contributed by atoms with Gasteiger partial charge in [-0.05, 0) is 55.2 Å². The average Bonchev–Trinajstić information content (AvgIpc) is 2.67. The molecule has 3 aromatic rings. The van der Waals surface area contributed by atoms with E-state index in [1.165, 1.54) is 5.56 Å².